The van der Waals surface area contributed by atoms with Gasteiger partial charge in [-0.25, -0.2) is 8.42 Å². The minimum atomic E-state index is -3.93. The fourth-order valence-corrected chi connectivity index (χ4v) is 6.13. The van der Waals surface area contributed by atoms with E-state index in [9.17, 15) is 13.2 Å². The van der Waals surface area contributed by atoms with Gasteiger partial charge in [0.1, 0.15) is 11.4 Å². The third kappa shape index (κ3) is 5.52. The molecule has 0 unspecified atom stereocenters. The number of amides is 1. The smallest absolute Gasteiger partial charge is 0.248 e. The summed E-state index contributed by atoms with van der Waals surface area (Å²) < 4.78 is 39.3. The number of carbonyl (C=O) groups is 1. The SMILES string of the molecule is COc1cccc(NC(=O)[C@@H]2CCCN(S(=O)(=O)c3c(C)noc3/C=C/c3cc(C)ccc3C)C2)c1. The van der Waals surface area contributed by atoms with Crippen molar-refractivity contribution in [1.29, 1.82) is 0 Å². The van der Waals surface area contributed by atoms with E-state index in [0.29, 0.717) is 36.5 Å². The Kier molecular flexibility index (Phi) is 7.61. The van der Waals surface area contributed by atoms with E-state index in [4.69, 9.17) is 9.26 Å². The molecular formula is C27H31N3O5S. The van der Waals surface area contributed by atoms with Crippen molar-refractivity contribution in [2.45, 2.75) is 38.5 Å². The van der Waals surface area contributed by atoms with Crippen LogP contribution in [0.3, 0.4) is 0 Å². The average molecular weight is 510 g/mol. The van der Waals surface area contributed by atoms with Gasteiger partial charge in [0.2, 0.25) is 15.9 Å². The Bertz CT molecular complexity index is 1390. The quantitative estimate of drug-likeness (QED) is 0.490. The molecule has 1 saturated heterocycles. The van der Waals surface area contributed by atoms with Gasteiger partial charge in [-0.15, -0.1) is 0 Å². The predicted octanol–water partition coefficient (Wildman–Crippen LogP) is 4.82. The molecule has 8 nitrogen and oxygen atoms in total. The van der Waals surface area contributed by atoms with Gasteiger partial charge in [-0.05, 0) is 62.9 Å². The Morgan fingerprint density at radius 3 is 2.75 bits per heavy atom. The summed E-state index contributed by atoms with van der Waals surface area (Å²) in [5.41, 5.74) is 4.04. The molecule has 2 heterocycles. The summed E-state index contributed by atoms with van der Waals surface area (Å²) in [4.78, 5) is 13.0. The molecule has 1 N–H and O–H groups in total. The zero-order valence-corrected chi connectivity index (χ0v) is 21.8. The van der Waals surface area contributed by atoms with Crippen molar-refractivity contribution < 1.29 is 22.5 Å². The number of anilines is 1. The van der Waals surface area contributed by atoms with Crippen LogP contribution in [0.5, 0.6) is 5.75 Å². The highest BCUT2D eigenvalue weighted by atomic mass is 32.2. The first kappa shape index (κ1) is 25.7. The van der Waals surface area contributed by atoms with E-state index in [1.165, 1.54) is 4.31 Å². The third-order valence-corrected chi connectivity index (χ3v) is 8.40. The highest BCUT2D eigenvalue weighted by Gasteiger charge is 2.37. The van der Waals surface area contributed by atoms with Crippen LogP contribution >= 0.6 is 0 Å². The molecule has 1 aliphatic rings. The topological polar surface area (TPSA) is 102 Å². The summed E-state index contributed by atoms with van der Waals surface area (Å²) in [6.45, 7) is 6.02. The highest BCUT2D eigenvalue weighted by molar-refractivity contribution is 7.89. The lowest BCUT2D eigenvalue weighted by molar-refractivity contribution is -0.120. The lowest BCUT2D eigenvalue weighted by atomic mass is 9.98. The highest BCUT2D eigenvalue weighted by Crippen LogP contribution is 2.30. The van der Waals surface area contributed by atoms with Crippen LogP contribution < -0.4 is 10.1 Å². The maximum absolute atomic E-state index is 13.7. The van der Waals surface area contributed by atoms with E-state index in [2.05, 4.69) is 10.5 Å². The molecule has 9 heteroatoms. The normalized spacial score (nSPS) is 16.8. The largest absolute Gasteiger partial charge is 0.497 e. The van der Waals surface area contributed by atoms with Crippen LogP contribution in [0, 0.1) is 26.7 Å². The fraction of sp³-hybridized carbons (Fsp3) is 0.333. The van der Waals surface area contributed by atoms with Gasteiger partial charge < -0.3 is 14.6 Å². The predicted molar refractivity (Wildman–Crippen MR) is 139 cm³/mol. The average Bonchev–Trinajstić information content (AvgIpc) is 3.25. The van der Waals surface area contributed by atoms with E-state index < -0.39 is 15.9 Å². The molecular weight excluding hydrogens is 478 g/mol. The molecule has 1 aliphatic heterocycles. The van der Waals surface area contributed by atoms with Crippen molar-refractivity contribution >= 4 is 33.8 Å². The van der Waals surface area contributed by atoms with E-state index in [-0.39, 0.29) is 23.1 Å². The molecule has 1 aromatic heterocycles. The van der Waals surface area contributed by atoms with Gasteiger partial charge in [0.05, 0.1) is 13.0 Å². The number of rotatable bonds is 7. The number of hydrogen-bond donors (Lipinski definition) is 1. The van der Waals surface area contributed by atoms with Crippen LogP contribution in [0.4, 0.5) is 5.69 Å². The molecule has 0 aliphatic carbocycles. The second kappa shape index (κ2) is 10.7. The molecule has 0 radical (unpaired) electrons. The Balaban J connectivity index is 1.54. The maximum Gasteiger partial charge on any atom is 0.248 e. The second-order valence-electron chi connectivity index (χ2n) is 9.08. The molecule has 36 heavy (non-hydrogen) atoms. The van der Waals surface area contributed by atoms with Crippen LogP contribution in [0.25, 0.3) is 12.2 Å². The van der Waals surface area contributed by atoms with Crippen molar-refractivity contribution in [3.8, 4) is 5.75 Å². The van der Waals surface area contributed by atoms with Crippen molar-refractivity contribution in [1.82, 2.24) is 9.46 Å². The van der Waals surface area contributed by atoms with Crippen LogP contribution in [0.2, 0.25) is 0 Å². The van der Waals surface area contributed by atoms with Gasteiger partial charge in [0.15, 0.2) is 10.7 Å². The number of methoxy groups -OCH3 is 1. The van der Waals surface area contributed by atoms with E-state index in [1.807, 2.05) is 38.1 Å². The molecule has 3 aromatic rings. The molecule has 2 aromatic carbocycles. The molecule has 0 spiro atoms. The van der Waals surface area contributed by atoms with Gasteiger partial charge in [-0.1, -0.05) is 41.1 Å². The summed E-state index contributed by atoms with van der Waals surface area (Å²) >= 11 is 0. The molecule has 1 amide bonds. The molecule has 0 bridgehead atoms. The lowest BCUT2D eigenvalue weighted by Crippen LogP contribution is -2.43. The van der Waals surface area contributed by atoms with E-state index in [0.717, 1.165) is 16.7 Å². The van der Waals surface area contributed by atoms with E-state index in [1.54, 1.807) is 44.4 Å². The van der Waals surface area contributed by atoms with Crippen molar-refractivity contribution in [3.63, 3.8) is 0 Å². The van der Waals surface area contributed by atoms with Crippen molar-refractivity contribution in [3.05, 3.63) is 70.6 Å². The number of hydrogen-bond acceptors (Lipinski definition) is 6. The maximum atomic E-state index is 13.7. The van der Waals surface area contributed by atoms with Crippen molar-refractivity contribution in [2.75, 3.05) is 25.5 Å². The Morgan fingerprint density at radius 1 is 1.17 bits per heavy atom. The minimum Gasteiger partial charge on any atom is -0.497 e. The lowest BCUT2D eigenvalue weighted by Gasteiger charge is -2.31. The number of benzene rings is 2. The first-order chi connectivity index (χ1) is 17.2. The number of ether oxygens (including phenoxy) is 1. The van der Waals surface area contributed by atoms with Gasteiger partial charge in [0.25, 0.3) is 0 Å². The van der Waals surface area contributed by atoms with Gasteiger partial charge in [0, 0.05) is 24.8 Å². The Labute approximate surface area is 212 Å². The molecule has 1 atom stereocenters. The van der Waals surface area contributed by atoms with Crippen LogP contribution in [0.15, 0.2) is 51.9 Å². The first-order valence-corrected chi connectivity index (χ1v) is 13.3. The molecule has 4 rings (SSSR count). The Morgan fingerprint density at radius 2 is 1.97 bits per heavy atom. The summed E-state index contributed by atoms with van der Waals surface area (Å²) in [6, 6.07) is 13.1. The molecule has 0 saturated carbocycles. The monoisotopic (exact) mass is 509 g/mol. The van der Waals surface area contributed by atoms with Gasteiger partial charge >= 0.3 is 0 Å². The number of aromatic nitrogens is 1. The number of sulfonamides is 1. The van der Waals surface area contributed by atoms with Crippen molar-refractivity contribution in [2.24, 2.45) is 5.92 Å². The Hall–Kier alpha value is -3.43. The minimum absolute atomic E-state index is 0.0397. The summed E-state index contributed by atoms with van der Waals surface area (Å²) in [5.74, 6) is 0.107. The summed E-state index contributed by atoms with van der Waals surface area (Å²) in [6.07, 6.45) is 4.66. The third-order valence-electron chi connectivity index (χ3n) is 6.37. The van der Waals surface area contributed by atoms with Gasteiger partial charge in [-0.3, -0.25) is 4.79 Å². The van der Waals surface area contributed by atoms with Crippen LogP contribution in [-0.4, -0.2) is 44.0 Å². The molecule has 1 fully saturated rings. The number of carbonyl (C=O) groups excluding carboxylic acids is 1. The number of aryl methyl sites for hydroxylation is 3. The standard InChI is InChI=1S/C27H31N3O5S/c1-18-10-11-19(2)21(15-18)12-13-25-26(20(3)29-35-25)36(32,33)30-14-6-7-22(17-30)27(31)28-23-8-5-9-24(16-23)34-4/h5,8-13,15-16,22H,6-7,14,17H2,1-4H3,(H,28,31)/b13-12+/t22-/m1/s1. The number of piperidine rings is 1. The first-order valence-electron chi connectivity index (χ1n) is 11.9. The van der Waals surface area contributed by atoms with Gasteiger partial charge in [-0.2, -0.15) is 4.31 Å². The number of nitrogens with one attached hydrogen (secondary N) is 1. The second-order valence-corrected chi connectivity index (χ2v) is 11.0. The van der Waals surface area contributed by atoms with E-state index >= 15 is 0 Å². The van der Waals surface area contributed by atoms with Crippen LogP contribution in [-0.2, 0) is 14.8 Å². The molecule has 190 valence electrons. The summed E-state index contributed by atoms with van der Waals surface area (Å²) in [5, 5.41) is 6.81. The van der Waals surface area contributed by atoms with Crippen LogP contribution in [0.1, 0.15) is 41.0 Å². The summed E-state index contributed by atoms with van der Waals surface area (Å²) in [7, 11) is -2.37. The fourth-order valence-electron chi connectivity index (χ4n) is 4.35. The number of nitrogens with zero attached hydrogens (tertiary/aromatic N) is 2. The zero-order valence-electron chi connectivity index (χ0n) is 20.9. The zero-order chi connectivity index (χ0) is 25.9.